The first kappa shape index (κ1) is 15.7. The Balaban J connectivity index is 3.34. The number of nitriles is 1. The summed E-state index contributed by atoms with van der Waals surface area (Å²) in [6, 6.07) is 4.79. The summed E-state index contributed by atoms with van der Waals surface area (Å²) in [5, 5.41) is 8.80. The fraction of sp³-hybridized carbons (Fsp3) is 0.154. The summed E-state index contributed by atoms with van der Waals surface area (Å²) < 4.78 is 10.6. The van der Waals surface area contributed by atoms with E-state index >= 15 is 0 Å². The van der Waals surface area contributed by atoms with Crippen molar-refractivity contribution in [3.05, 3.63) is 27.7 Å². The second-order valence-corrected chi connectivity index (χ2v) is 4.52. The number of esters is 1. The van der Waals surface area contributed by atoms with Crippen LogP contribution in [0.25, 0.3) is 6.08 Å². The van der Waals surface area contributed by atoms with Gasteiger partial charge in [-0.15, -0.1) is 0 Å². The van der Waals surface area contributed by atoms with E-state index < -0.39 is 11.9 Å². The second kappa shape index (κ2) is 6.73. The number of halogens is 1. The van der Waals surface area contributed by atoms with Crippen LogP contribution in [0.2, 0.25) is 0 Å². The summed E-state index contributed by atoms with van der Waals surface area (Å²) in [5.41, 5.74) is 5.36. The molecule has 1 amide bonds. The van der Waals surface area contributed by atoms with E-state index in [1.807, 2.05) is 0 Å². The molecule has 1 aromatic rings. The molecule has 0 saturated heterocycles. The summed E-state index contributed by atoms with van der Waals surface area (Å²) >= 11 is 3.23. The van der Waals surface area contributed by atoms with Crippen molar-refractivity contribution in [2.45, 2.75) is 6.92 Å². The van der Waals surface area contributed by atoms with Crippen molar-refractivity contribution in [3.8, 4) is 17.6 Å². The van der Waals surface area contributed by atoms with E-state index in [9.17, 15) is 9.59 Å². The quantitative estimate of drug-likeness (QED) is 0.390. The van der Waals surface area contributed by atoms with Crippen molar-refractivity contribution in [3.63, 3.8) is 0 Å². The molecule has 2 N–H and O–H groups in total. The fourth-order valence-electron chi connectivity index (χ4n) is 1.39. The molecule has 104 valence electrons. The molecular formula is C13H11BrN2O4. The number of rotatable bonds is 4. The highest BCUT2D eigenvalue weighted by Gasteiger charge is 2.14. The Bertz CT molecular complexity index is 632. The molecule has 0 fully saturated rings. The average Bonchev–Trinajstić information content (AvgIpc) is 2.37. The molecule has 0 unspecified atom stereocenters. The van der Waals surface area contributed by atoms with Gasteiger partial charge in [0.1, 0.15) is 11.6 Å². The zero-order valence-electron chi connectivity index (χ0n) is 10.8. The molecule has 7 heteroatoms. The number of methoxy groups -OCH3 is 1. The highest BCUT2D eigenvalue weighted by molar-refractivity contribution is 9.10. The van der Waals surface area contributed by atoms with Crippen molar-refractivity contribution in [1.82, 2.24) is 0 Å². The van der Waals surface area contributed by atoms with Gasteiger partial charge in [-0.3, -0.25) is 9.59 Å². The molecule has 0 aromatic heterocycles. The van der Waals surface area contributed by atoms with E-state index in [1.54, 1.807) is 12.1 Å². The van der Waals surface area contributed by atoms with Crippen molar-refractivity contribution in [1.29, 1.82) is 5.26 Å². The van der Waals surface area contributed by atoms with E-state index in [2.05, 4.69) is 15.9 Å². The molecule has 0 atom stereocenters. The Kier molecular flexibility index (Phi) is 5.29. The van der Waals surface area contributed by atoms with Crippen LogP contribution in [-0.2, 0) is 9.59 Å². The number of primary amides is 1. The molecule has 1 rings (SSSR count). The van der Waals surface area contributed by atoms with Crippen LogP contribution in [0.3, 0.4) is 0 Å². The number of benzene rings is 1. The van der Waals surface area contributed by atoms with Gasteiger partial charge in [-0.05, 0) is 39.7 Å². The maximum atomic E-state index is 11.0. The van der Waals surface area contributed by atoms with Crippen LogP contribution in [0.1, 0.15) is 12.5 Å². The molecular weight excluding hydrogens is 328 g/mol. The first-order valence-electron chi connectivity index (χ1n) is 5.36. The van der Waals surface area contributed by atoms with Crippen molar-refractivity contribution < 1.29 is 19.1 Å². The molecule has 20 heavy (non-hydrogen) atoms. The Morgan fingerprint density at radius 3 is 2.55 bits per heavy atom. The normalized spacial score (nSPS) is 10.6. The lowest BCUT2D eigenvalue weighted by Crippen LogP contribution is -2.12. The minimum Gasteiger partial charge on any atom is -0.493 e. The lowest BCUT2D eigenvalue weighted by molar-refractivity contribution is -0.132. The van der Waals surface area contributed by atoms with E-state index in [-0.39, 0.29) is 17.1 Å². The highest BCUT2D eigenvalue weighted by Crippen LogP contribution is 2.37. The monoisotopic (exact) mass is 338 g/mol. The topological polar surface area (TPSA) is 102 Å². The van der Waals surface area contributed by atoms with Crippen LogP contribution in [-0.4, -0.2) is 19.0 Å². The summed E-state index contributed by atoms with van der Waals surface area (Å²) in [7, 11) is 1.40. The number of hydrogen-bond donors (Lipinski definition) is 1. The van der Waals surface area contributed by atoms with E-state index in [0.29, 0.717) is 10.0 Å². The van der Waals surface area contributed by atoms with Crippen molar-refractivity contribution in [2.75, 3.05) is 7.11 Å². The Morgan fingerprint density at radius 2 is 2.10 bits per heavy atom. The maximum Gasteiger partial charge on any atom is 0.308 e. The number of ether oxygens (including phenoxy) is 2. The van der Waals surface area contributed by atoms with Gasteiger partial charge in [0.05, 0.1) is 11.6 Å². The van der Waals surface area contributed by atoms with Crippen LogP contribution < -0.4 is 15.2 Å². The number of nitrogens with two attached hydrogens (primary N) is 1. The molecule has 6 nitrogen and oxygen atoms in total. The molecule has 0 spiro atoms. The Morgan fingerprint density at radius 1 is 1.45 bits per heavy atom. The van der Waals surface area contributed by atoms with Gasteiger partial charge >= 0.3 is 5.97 Å². The van der Waals surface area contributed by atoms with Gasteiger partial charge < -0.3 is 15.2 Å². The number of carbonyl (C=O) groups excluding carboxylic acids is 2. The second-order valence-electron chi connectivity index (χ2n) is 3.66. The molecule has 0 aliphatic carbocycles. The number of nitrogens with zero attached hydrogens (tertiary/aromatic N) is 1. The van der Waals surface area contributed by atoms with Crippen LogP contribution in [0.15, 0.2) is 22.2 Å². The standard InChI is InChI=1S/C13H11BrN2O4/c1-7(17)20-12-10(14)4-8(5-11(12)19-2)3-9(6-15)13(16)18/h3-5H,1-2H3,(H2,16,18)/b9-3+. The lowest BCUT2D eigenvalue weighted by Gasteiger charge is -2.11. The molecule has 0 radical (unpaired) electrons. The number of hydrogen-bond acceptors (Lipinski definition) is 5. The van der Waals surface area contributed by atoms with E-state index in [4.69, 9.17) is 20.5 Å². The third kappa shape index (κ3) is 3.83. The third-order valence-electron chi connectivity index (χ3n) is 2.19. The predicted molar refractivity (Wildman–Crippen MR) is 74.8 cm³/mol. The van der Waals surface area contributed by atoms with Crippen molar-refractivity contribution in [2.24, 2.45) is 5.73 Å². The smallest absolute Gasteiger partial charge is 0.308 e. The zero-order chi connectivity index (χ0) is 15.3. The Hall–Kier alpha value is -2.33. The lowest BCUT2D eigenvalue weighted by atomic mass is 10.1. The zero-order valence-corrected chi connectivity index (χ0v) is 12.4. The average molecular weight is 339 g/mol. The number of carbonyl (C=O) groups is 2. The highest BCUT2D eigenvalue weighted by atomic mass is 79.9. The SMILES string of the molecule is COc1cc(/C=C(\C#N)C(N)=O)cc(Br)c1OC(C)=O. The maximum absolute atomic E-state index is 11.0. The molecule has 0 bridgehead atoms. The van der Waals surface area contributed by atoms with Gasteiger partial charge in [-0.25, -0.2) is 0 Å². The van der Waals surface area contributed by atoms with Gasteiger partial charge in [-0.1, -0.05) is 0 Å². The van der Waals surface area contributed by atoms with Crippen LogP contribution in [0, 0.1) is 11.3 Å². The molecule has 0 aliphatic heterocycles. The van der Waals surface area contributed by atoms with Gasteiger partial charge in [0, 0.05) is 6.92 Å². The largest absolute Gasteiger partial charge is 0.493 e. The van der Waals surface area contributed by atoms with Crippen LogP contribution >= 0.6 is 15.9 Å². The summed E-state index contributed by atoms with van der Waals surface area (Å²) in [5.74, 6) is -0.828. The Labute approximate surface area is 123 Å². The molecule has 0 saturated carbocycles. The number of amides is 1. The molecule has 0 aliphatic rings. The van der Waals surface area contributed by atoms with Gasteiger partial charge in [0.25, 0.3) is 5.91 Å². The van der Waals surface area contributed by atoms with Gasteiger partial charge in [0.2, 0.25) is 0 Å². The van der Waals surface area contributed by atoms with Crippen LogP contribution in [0.5, 0.6) is 11.5 Å². The fourth-order valence-corrected chi connectivity index (χ4v) is 1.93. The molecule has 1 aromatic carbocycles. The summed E-state index contributed by atoms with van der Waals surface area (Å²) in [6.45, 7) is 1.26. The van der Waals surface area contributed by atoms with Gasteiger partial charge in [-0.2, -0.15) is 5.26 Å². The minimum absolute atomic E-state index is 0.195. The third-order valence-corrected chi connectivity index (χ3v) is 2.78. The van der Waals surface area contributed by atoms with E-state index in [1.165, 1.54) is 26.2 Å². The minimum atomic E-state index is -0.827. The van der Waals surface area contributed by atoms with Crippen LogP contribution in [0.4, 0.5) is 0 Å². The predicted octanol–water partition coefficient (Wildman–Crippen LogP) is 1.78. The first-order chi connectivity index (χ1) is 9.38. The molecule has 0 heterocycles. The van der Waals surface area contributed by atoms with Crippen molar-refractivity contribution >= 4 is 33.9 Å². The first-order valence-corrected chi connectivity index (χ1v) is 6.16. The summed E-state index contributed by atoms with van der Waals surface area (Å²) in [6.07, 6.45) is 1.31. The van der Waals surface area contributed by atoms with E-state index in [0.717, 1.165) is 0 Å². The van der Waals surface area contributed by atoms with Gasteiger partial charge in [0.15, 0.2) is 11.5 Å². The summed E-state index contributed by atoms with van der Waals surface area (Å²) in [4.78, 5) is 22.0.